The van der Waals surface area contributed by atoms with Crippen LogP contribution in [-0.2, 0) is 0 Å². The maximum Gasteiger partial charge on any atom is 0.0811 e. The molecular formula is C26H40O3. The summed E-state index contributed by atoms with van der Waals surface area (Å²) >= 11 is 0. The van der Waals surface area contributed by atoms with Gasteiger partial charge in [0.15, 0.2) is 0 Å². The van der Waals surface area contributed by atoms with Crippen molar-refractivity contribution in [2.24, 2.45) is 29.6 Å². The molecule has 0 amide bonds. The van der Waals surface area contributed by atoms with Crippen LogP contribution in [0.4, 0.5) is 0 Å². The molecule has 3 N–H and O–H groups in total. The van der Waals surface area contributed by atoms with Gasteiger partial charge in [-0.2, -0.15) is 0 Å². The highest BCUT2D eigenvalue weighted by Gasteiger charge is 2.41. The predicted octanol–water partition coefficient (Wildman–Crippen LogP) is 4.95. The van der Waals surface area contributed by atoms with Gasteiger partial charge in [-0.1, -0.05) is 50.3 Å². The van der Waals surface area contributed by atoms with Crippen LogP contribution in [0.25, 0.3) is 0 Å². The molecule has 29 heavy (non-hydrogen) atoms. The zero-order valence-electron chi connectivity index (χ0n) is 18.4. The second-order valence-electron chi connectivity index (χ2n) is 9.82. The van der Waals surface area contributed by atoms with Crippen molar-refractivity contribution in [1.82, 2.24) is 0 Å². The number of fused-ring (bicyclic) bond motifs is 1. The van der Waals surface area contributed by atoms with Gasteiger partial charge in [-0.15, -0.1) is 0 Å². The molecule has 8 atom stereocenters. The fourth-order valence-electron chi connectivity index (χ4n) is 5.68. The molecule has 0 aromatic carbocycles. The molecule has 0 aliphatic heterocycles. The van der Waals surface area contributed by atoms with Gasteiger partial charge >= 0.3 is 0 Å². The van der Waals surface area contributed by atoms with E-state index >= 15 is 0 Å². The van der Waals surface area contributed by atoms with E-state index in [4.69, 9.17) is 0 Å². The molecule has 3 aliphatic carbocycles. The van der Waals surface area contributed by atoms with Crippen LogP contribution in [0.15, 0.2) is 47.6 Å². The molecule has 0 bridgehead atoms. The van der Waals surface area contributed by atoms with Gasteiger partial charge in [-0.25, -0.2) is 0 Å². The maximum atomic E-state index is 10.1. The molecule has 0 heterocycles. The van der Waals surface area contributed by atoms with E-state index in [1.807, 2.05) is 6.92 Å². The van der Waals surface area contributed by atoms with Crippen molar-refractivity contribution < 1.29 is 15.3 Å². The van der Waals surface area contributed by atoms with Gasteiger partial charge < -0.3 is 15.3 Å². The van der Waals surface area contributed by atoms with Gasteiger partial charge in [0.25, 0.3) is 0 Å². The molecule has 0 spiro atoms. The number of hydrogen-bond donors (Lipinski definition) is 3. The number of aliphatic hydroxyl groups excluding tert-OH is 3. The lowest BCUT2D eigenvalue weighted by atomic mass is 9.72. The number of rotatable bonds is 5. The first kappa shape index (κ1) is 22.5. The van der Waals surface area contributed by atoms with Crippen LogP contribution in [0.3, 0.4) is 0 Å². The average molecular weight is 401 g/mol. The Morgan fingerprint density at radius 2 is 1.79 bits per heavy atom. The van der Waals surface area contributed by atoms with Crippen LogP contribution < -0.4 is 0 Å². The van der Waals surface area contributed by atoms with Crippen LogP contribution in [0.2, 0.25) is 0 Å². The van der Waals surface area contributed by atoms with Gasteiger partial charge in [-0.05, 0) is 86.2 Å². The molecule has 6 unspecified atom stereocenters. The van der Waals surface area contributed by atoms with Crippen LogP contribution >= 0.6 is 0 Å². The molecule has 3 rings (SSSR count). The second kappa shape index (κ2) is 9.76. The quantitative estimate of drug-likeness (QED) is 0.573. The molecule has 3 aliphatic rings. The normalized spacial score (nSPS) is 39.1. The number of aliphatic hydroxyl groups is 3. The largest absolute Gasteiger partial charge is 0.393 e. The Morgan fingerprint density at radius 3 is 2.52 bits per heavy atom. The van der Waals surface area contributed by atoms with E-state index in [0.29, 0.717) is 24.7 Å². The van der Waals surface area contributed by atoms with Gasteiger partial charge in [-0.3, -0.25) is 0 Å². The minimum Gasteiger partial charge on any atom is -0.393 e. The summed E-state index contributed by atoms with van der Waals surface area (Å²) in [6, 6.07) is 0. The van der Waals surface area contributed by atoms with Crippen LogP contribution in [0, 0.1) is 29.6 Å². The van der Waals surface area contributed by atoms with Crippen molar-refractivity contribution in [2.75, 3.05) is 0 Å². The van der Waals surface area contributed by atoms with Crippen molar-refractivity contribution in [3.05, 3.63) is 47.6 Å². The standard InChI is InChI=1S/C26H40O3/c1-16(19(4)27)8-9-17(2)23-12-13-24-20(6-5-7-25(23)24)10-11-21-14-22(28)15-26(29)18(21)3/h8-11,16-17,19,22-29H,3,5-7,12-15H2,1-2,4H3/b9-8+,20-10+,21-11-/t16?,17?,19?,22-,23?,24?,25?,26+/m1/s1. The van der Waals surface area contributed by atoms with Crippen molar-refractivity contribution in [3.8, 4) is 0 Å². The third-order valence-corrected chi connectivity index (χ3v) is 7.78. The Kier molecular flexibility index (Phi) is 7.58. The SMILES string of the molecule is C=C1/C(=C\C=C2/CCCC3C2CCC3C(C)/C=C/C(C)C(C)O)C[C@@H](O)C[C@@H]1O. The number of hydrogen-bond acceptors (Lipinski definition) is 3. The molecule has 3 nitrogen and oxygen atoms in total. The van der Waals surface area contributed by atoms with E-state index in [9.17, 15) is 15.3 Å². The Hall–Kier alpha value is -1.16. The fraction of sp³-hybridized carbons (Fsp3) is 0.692. The zero-order valence-corrected chi connectivity index (χ0v) is 18.4. The summed E-state index contributed by atoms with van der Waals surface area (Å²) in [7, 11) is 0. The van der Waals surface area contributed by atoms with Gasteiger partial charge in [0, 0.05) is 6.42 Å². The highest BCUT2D eigenvalue weighted by molar-refractivity contribution is 5.38. The van der Waals surface area contributed by atoms with Gasteiger partial charge in [0.05, 0.1) is 18.3 Å². The Morgan fingerprint density at radius 1 is 1.03 bits per heavy atom. The third kappa shape index (κ3) is 5.31. The van der Waals surface area contributed by atoms with E-state index in [2.05, 4.69) is 44.7 Å². The first-order valence-electron chi connectivity index (χ1n) is 11.6. The van der Waals surface area contributed by atoms with Crippen molar-refractivity contribution in [3.63, 3.8) is 0 Å². The van der Waals surface area contributed by atoms with Crippen LogP contribution in [0.1, 0.15) is 65.7 Å². The summed E-state index contributed by atoms with van der Waals surface area (Å²) in [6.45, 7) is 10.3. The second-order valence-corrected chi connectivity index (χ2v) is 9.82. The first-order valence-corrected chi connectivity index (χ1v) is 11.6. The molecule has 0 radical (unpaired) electrons. The molecule has 0 aromatic rings. The zero-order chi connectivity index (χ0) is 21.1. The smallest absolute Gasteiger partial charge is 0.0811 e. The molecule has 3 fully saturated rings. The third-order valence-electron chi connectivity index (χ3n) is 7.78. The molecule has 0 aromatic heterocycles. The molecule has 0 saturated heterocycles. The summed E-state index contributed by atoms with van der Waals surface area (Å²) in [4.78, 5) is 0. The fourth-order valence-corrected chi connectivity index (χ4v) is 5.68. The Bertz CT molecular complexity index is 671. The summed E-state index contributed by atoms with van der Waals surface area (Å²) in [6.07, 6.45) is 14.8. The highest BCUT2D eigenvalue weighted by Crippen LogP contribution is 2.51. The Balaban J connectivity index is 1.69. The van der Waals surface area contributed by atoms with E-state index in [-0.39, 0.29) is 12.0 Å². The first-order chi connectivity index (χ1) is 13.8. The minimum atomic E-state index is -0.616. The lowest BCUT2D eigenvalue weighted by Gasteiger charge is -2.34. The molecule has 3 heteroatoms. The van der Waals surface area contributed by atoms with Crippen molar-refractivity contribution >= 4 is 0 Å². The molecule has 3 saturated carbocycles. The van der Waals surface area contributed by atoms with E-state index in [1.54, 1.807) is 5.57 Å². The number of allylic oxidation sites excluding steroid dienone is 4. The van der Waals surface area contributed by atoms with Crippen LogP contribution in [-0.4, -0.2) is 33.6 Å². The van der Waals surface area contributed by atoms with Gasteiger partial charge in [0.1, 0.15) is 0 Å². The van der Waals surface area contributed by atoms with Crippen LogP contribution in [0.5, 0.6) is 0 Å². The predicted molar refractivity (Wildman–Crippen MR) is 119 cm³/mol. The monoisotopic (exact) mass is 400 g/mol. The molecule has 162 valence electrons. The minimum absolute atomic E-state index is 0.206. The summed E-state index contributed by atoms with van der Waals surface area (Å²) in [5, 5.41) is 29.8. The topological polar surface area (TPSA) is 60.7 Å². The van der Waals surface area contributed by atoms with Gasteiger partial charge in [0.2, 0.25) is 0 Å². The lowest BCUT2D eigenvalue weighted by Crippen LogP contribution is -2.27. The lowest BCUT2D eigenvalue weighted by molar-refractivity contribution is 0.0862. The van der Waals surface area contributed by atoms with Crippen molar-refractivity contribution in [2.45, 2.75) is 84.0 Å². The highest BCUT2D eigenvalue weighted by atomic mass is 16.3. The van der Waals surface area contributed by atoms with E-state index in [1.165, 1.54) is 32.1 Å². The van der Waals surface area contributed by atoms with E-state index < -0.39 is 12.2 Å². The summed E-state index contributed by atoms with van der Waals surface area (Å²) < 4.78 is 0. The molecular weight excluding hydrogens is 360 g/mol. The Labute approximate surface area is 176 Å². The summed E-state index contributed by atoms with van der Waals surface area (Å²) in [5.74, 6) is 2.90. The maximum absolute atomic E-state index is 10.1. The average Bonchev–Trinajstić information content (AvgIpc) is 3.12. The summed E-state index contributed by atoms with van der Waals surface area (Å²) in [5.41, 5.74) is 3.32. The van der Waals surface area contributed by atoms with E-state index in [0.717, 1.165) is 23.0 Å². The van der Waals surface area contributed by atoms with Crippen molar-refractivity contribution in [1.29, 1.82) is 0 Å².